The lowest BCUT2D eigenvalue weighted by Gasteiger charge is -2.26. The van der Waals surface area contributed by atoms with Crippen molar-refractivity contribution in [2.75, 3.05) is 7.11 Å². The van der Waals surface area contributed by atoms with E-state index in [1.54, 1.807) is 27.7 Å². The summed E-state index contributed by atoms with van der Waals surface area (Å²) in [7, 11) is 1.36. The topological polar surface area (TPSA) is 43.4 Å². The van der Waals surface area contributed by atoms with E-state index in [-0.39, 0.29) is 11.2 Å². The molecule has 0 saturated carbocycles. The van der Waals surface area contributed by atoms with Gasteiger partial charge in [-0.15, -0.1) is 0 Å². The van der Waals surface area contributed by atoms with Crippen LogP contribution in [0.25, 0.3) is 0 Å². The largest absolute Gasteiger partial charge is 0.469 e. The van der Waals surface area contributed by atoms with Crippen LogP contribution in [0.5, 0.6) is 0 Å². The molecule has 4 heteroatoms. The van der Waals surface area contributed by atoms with Crippen LogP contribution in [0.1, 0.15) is 40.5 Å². The second kappa shape index (κ2) is 4.97. The van der Waals surface area contributed by atoms with Crippen molar-refractivity contribution in [1.29, 1.82) is 0 Å². The first-order valence-corrected chi connectivity index (χ1v) is 5.29. The van der Waals surface area contributed by atoms with Gasteiger partial charge in [0.15, 0.2) is 0 Å². The summed E-state index contributed by atoms with van der Waals surface area (Å²) in [6.45, 7) is 7.15. The van der Waals surface area contributed by atoms with E-state index in [0.717, 1.165) is 0 Å². The van der Waals surface area contributed by atoms with Crippen molar-refractivity contribution in [3.05, 3.63) is 0 Å². The standard InChI is InChI=1S/C11H19ClO3/c1-10(2,8(12)13)6-7-11(3,4)9(14)15-5/h6-7H2,1-5H3. The quantitative estimate of drug-likeness (QED) is 0.543. The Hall–Kier alpha value is -0.570. The van der Waals surface area contributed by atoms with E-state index in [1.165, 1.54) is 7.11 Å². The summed E-state index contributed by atoms with van der Waals surface area (Å²) in [4.78, 5) is 22.5. The van der Waals surface area contributed by atoms with Crippen molar-refractivity contribution >= 4 is 22.8 Å². The third-order valence-corrected chi connectivity index (χ3v) is 3.16. The van der Waals surface area contributed by atoms with Crippen LogP contribution in [0, 0.1) is 10.8 Å². The predicted octanol–water partition coefficient (Wildman–Crippen LogP) is 2.76. The minimum Gasteiger partial charge on any atom is -0.469 e. The maximum atomic E-state index is 11.4. The Morgan fingerprint density at radius 2 is 1.47 bits per heavy atom. The molecule has 0 fully saturated rings. The van der Waals surface area contributed by atoms with Gasteiger partial charge in [0.05, 0.1) is 12.5 Å². The van der Waals surface area contributed by atoms with Crippen molar-refractivity contribution in [3.8, 4) is 0 Å². The van der Waals surface area contributed by atoms with E-state index in [1.807, 2.05) is 0 Å². The van der Waals surface area contributed by atoms with Crippen LogP contribution in [0.4, 0.5) is 0 Å². The zero-order valence-corrected chi connectivity index (χ0v) is 10.8. The number of carbonyl (C=O) groups is 2. The van der Waals surface area contributed by atoms with Gasteiger partial charge in [0, 0.05) is 5.41 Å². The second-order valence-corrected chi connectivity index (χ2v) is 5.38. The molecule has 0 atom stereocenters. The molecule has 0 aliphatic carbocycles. The zero-order chi connectivity index (χ0) is 12.3. The average Bonchev–Trinajstić information content (AvgIpc) is 2.13. The first kappa shape index (κ1) is 14.4. The lowest BCUT2D eigenvalue weighted by atomic mass is 9.80. The first-order valence-electron chi connectivity index (χ1n) is 4.92. The van der Waals surface area contributed by atoms with Crippen molar-refractivity contribution in [3.63, 3.8) is 0 Å². The number of esters is 1. The van der Waals surface area contributed by atoms with Crippen LogP contribution >= 0.6 is 11.6 Å². The van der Waals surface area contributed by atoms with Gasteiger partial charge in [-0.2, -0.15) is 0 Å². The van der Waals surface area contributed by atoms with Crippen molar-refractivity contribution in [2.45, 2.75) is 40.5 Å². The Balaban J connectivity index is 4.39. The Kier molecular flexibility index (Phi) is 4.78. The maximum absolute atomic E-state index is 11.4. The van der Waals surface area contributed by atoms with Crippen LogP contribution in [0.3, 0.4) is 0 Å². The molecule has 15 heavy (non-hydrogen) atoms. The van der Waals surface area contributed by atoms with Crippen LogP contribution in [-0.4, -0.2) is 18.3 Å². The molecule has 0 rings (SSSR count). The fraction of sp³-hybridized carbons (Fsp3) is 0.818. The molecule has 0 saturated heterocycles. The smallest absolute Gasteiger partial charge is 0.311 e. The van der Waals surface area contributed by atoms with E-state index in [4.69, 9.17) is 11.6 Å². The van der Waals surface area contributed by atoms with Gasteiger partial charge >= 0.3 is 5.97 Å². The molecular formula is C11H19ClO3. The molecule has 0 amide bonds. The molecule has 3 nitrogen and oxygen atoms in total. The monoisotopic (exact) mass is 234 g/mol. The number of methoxy groups -OCH3 is 1. The third kappa shape index (κ3) is 4.20. The van der Waals surface area contributed by atoms with Crippen LogP contribution in [0.2, 0.25) is 0 Å². The molecule has 0 aromatic heterocycles. The van der Waals surface area contributed by atoms with Gasteiger partial charge in [0.25, 0.3) is 0 Å². The van der Waals surface area contributed by atoms with Crippen LogP contribution in [-0.2, 0) is 14.3 Å². The molecule has 0 bridgehead atoms. The molecule has 0 heterocycles. The number of hydrogen-bond donors (Lipinski definition) is 0. The summed E-state index contributed by atoms with van der Waals surface area (Å²) in [5, 5.41) is -0.372. The summed E-state index contributed by atoms with van der Waals surface area (Å²) < 4.78 is 4.68. The highest BCUT2D eigenvalue weighted by Crippen LogP contribution is 2.33. The molecule has 0 aliphatic rings. The van der Waals surface area contributed by atoms with Crippen molar-refractivity contribution in [2.24, 2.45) is 10.8 Å². The molecular weight excluding hydrogens is 216 g/mol. The average molecular weight is 235 g/mol. The van der Waals surface area contributed by atoms with Gasteiger partial charge < -0.3 is 4.74 Å². The van der Waals surface area contributed by atoms with E-state index in [9.17, 15) is 9.59 Å². The van der Waals surface area contributed by atoms with E-state index in [2.05, 4.69) is 4.74 Å². The number of hydrogen-bond acceptors (Lipinski definition) is 3. The normalized spacial score (nSPS) is 12.4. The third-order valence-electron chi connectivity index (χ3n) is 2.65. The predicted molar refractivity (Wildman–Crippen MR) is 59.7 cm³/mol. The van der Waals surface area contributed by atoms with Gasteiger partial charge in [-0.05, 0) is 38.3 Å². The Morgan fingerprint density at radius 1 is 1.07 bits per heavy atom. The van der Waals surface area contributed by atoms with Gasteiger partial charge in [-0.1, -0.05) is 13.8 Å². The summed E-state index contributed by atoms with van der Waals surface area (Å²) in [6, 6.07) is 0. The number of halogens is 1. The van der Waals surface area contributed by atoms with Gasteiger partial charge in [0.1, 0.15) is 0 Å². The van der Waals surface area contributed by atoms with Gasteiger partial charge in [0.2, 0.25) is 5.24 Å². The number of rotatable bonds is 5. The summed E-state index contributed by atoms with van der Waals surface area (Å²) in [5.41, 5.74) is -1.16. The molecule has 0 aromatic carbocycles. The van der Waals surface area contributed by atoms with Gasteiger partial charge in [-0.3, -0.25) is 9.59 Å². The fourth-order valence-electron chi connectivity index (χ4n) is 1.10. The molecule has 0 spiro atoms. The first-order chi connectivity index (χ1) is 6.63. The highest BCUT2D eigenvalue weighted by molar-refractivity contribution is 6.64. The van der Waals surface area contributed by atoms with Crippen molar-refractivity contribution < 1.29 is 14.3 Å². The van der Waals surface area contributed by atoms with Crippen molar-refractivity contribution in [1.82, 2.24) is 0 Å². The second-order valence-electron chi connectivity index (χ2n) is 5.03. The highest BCUT2D eigenvalue weighted by atomic mass is 35.5. The van der Waals surface area contributed by atoms with Crippen LogP contribution < -0.4 is 0 Å². The summed E-state index contributed by atoms with van der Waals surface area (Å²) >= 11 is 5.46. The summed E-state index contributed by atoms with van der Waals surface area (Å²) in [5.74, 6) is -0.264. The Morgan fingerprint density at radius 3 is 1.80 bits per heavy atom. The van der Waals surface area contributed by atoms with E-state index >= 15 is 0 Å². The molecule has 0 N–H and O–H groups in total. The fourth-order valence-corrected chi connectivity index (χ4v) is 1.20. The molecule has 0 aliphatic heterocycles. The molecule has 0 aromatic rings. The molecule has 0 unspecified atom stereocenters. The summed E-state index contributed by atoms with van der Waals surface area (Å²) in [6.07, 6.45) is 1.14. The Labute approximate surface area is 96.1 Å². The number of carbonyl (C=O) groups excluding carboxylic acids is 2. The van der Waals surface area contributed by atoms with E-state index in [0.29, 0.717) is 12.8 Å². The highest BCUT2D eigenvalue weighted by Gasteiger charge is 2.33. The lowest BCUT2D eigenvalue weighted by molar-refractivity contribution is -0.151. The Bertz CT molecular complexity index is 257. The SMILES string of the molecule is COC(=O)C(C)(C)CCC(C)(C)C(=O)Cl. The minimum absolute atomic E-state index is 0.264. The molecule has 0 radical (unpaired) electrons. The lowest BCUT2D eigenvalue weighted by Crippen LogP contribution is -2.29. The maximum Gasteiger partial charge on any atom is 0.311 e. The molecule has 88 valence electrons. The van der Waals surface area contributed by atoms with Gasteiger partial charge in [-0.25, -0.2) is 0 Å². The van der Waals surface area contributed by atoms with Crippen LogP contribution in [0.15, 0.2) is 0 Å². The van der Waals surface area contributed by atoms with E-state index < -0.39 is 10.8 Å². The minimum atomic E-state index is -0.590. The number of ether oxygens (including phenoxy) is 1. The zero-order valence-electron chi connectivity index (χ0n) is 10.0.